The summed E-state index contributed by atoms with van der Waals surface area (Å²) in [6.07, 6.45) is 0. The van der Waals surface area contributed by atoms with E-state index in [4.69, 9.17) is 27.8 Å². The van der Waals surface area contributed by atoms with E-state index in [-0.39, 0.29) is 24.3 Å². The van der Waals surface area contributed by atoms with E-state index in [1.807, 2.05) is 26.0 Å². The highest BCUT2D eigenvalue weighted by molar-refractivity contribution is 6.30. The van der Waals surface area contributed by atoms with Crippen molar-refractivity contribution in [2.45, 2.75) is 19.5 Å². The summed E-state index contributed by atoms with van der Waals surface area (Å²) in [6, 6.07) is 13.8. The number of carbonyl (C=O) groups is 1. The SMILES string of the molecule is CC1(C)N=C(N)N=C(N)N1c1ccc(OCC(=O)c2ccc(Cl)cc2)cc1. The maximum Gasteiger partial charge on any atom is 0.220 e. The Morgan fingerprint density at radius 2 is 1.74 bits per heavy atom. The zero-order valence-electron chi connectivity index (χ0n) is 15.0. The highest BCUT2D eigenvalue weighted by atomic mass is 35.5. The molecule has 0 spiro atoms. The van der Waals surface area contributed by atoms with Crippen LogP contribution in [0.25, 0.3) is 0 Å². The zero-order valence-corrected chi connectivity index (χ0v) is 15.8. The van der Waals surface area contributed by atoms with Gasteiger partial charge in [0.2, 0.25) is 11.9 Å². The van der Waals surface area contributed by atoms with Gasteiger partial charge >= 0.3 is 0 Å². The lowest BCUT2D eigenvalue weighted by Gasteiger charge is -2.38. The van der Waals surface area contributed by atoms with Gasteiger partial charge in [-0.25, -0.2) is 4.99 Å². The highest BCUT2D eigenvalue weighted by Gasteiger charge is 2.32. The van der Waals surface area contributed by atoms with Gasteiger partial charge in [-0.1, -0.05) is 11.6 Å². The van der Waals surface area contributed by atoms with Crippen LogP contribution in [0.4, 0.5) is 5.69 Å². The van der Waals surface area contributed by atoms with Crippen LogP contribution in [0.15, 0.2) is 58.5 Å². The van der Waals surface area contributed by atoms with Crippen LogP contribution in [-0.2, 0) is 0 Å². The van der Waals surface area contributed by atoms with Crippen LogP contribution in [0.5, 0.6) is 5.75 Å². The topological polar surface area (TPSA) is 106 Å². The minimum Gasteiger partial charge on any atom is -0.485 e. The standard InChI is InChI=1S/C19H20ClN5O2/c1-19(2)24-17(21)23-18(22)25(19)14-7-9-15(10-8-14)27-11-16(26)12-3-5-13(20)6-4-12/h3-10H,11H2,1-2H3,(H4,21,22,23,24). The van der Waals surface area contributed by atoms with Crippen LogP contribution >= 0.6 is 11.6 Å². The smallest absolute Gasteiger partial charge is 0.220 e. The monoisotopic (exact) mass is 385 g/mol. The number of guanidine groups is 2. The van der Waals surface area contributed by atoms with E-state index in [0.717, 1.165) is 5.69 Å². The van der Waals surface area contributed by atoms with Crippen molar-refractivity contribution in [3.8, 4) is 5.75 Å². The van der Waals surface area contributed by atoms with Crippen molar-refractivity contribution in [2.24, 2.45) is 21.5 Å². The summed E-state index contributed by atoms with van der Waals surface area (Å²) in [4.78, 5) is 22.3. The maximum atomic E-state index is 12.2. The van der Waals surface area contributed by atoms with Crippen molar-refractivity contribution in [3.05, 3.63) is 59.1 Å². The lowest BCUT2D eigenvalue weighted by molar-refractivity contribution is 0.0921. The Labute approximate surface area is 162 Å². The van der Waals surface area contributed by atoms with E-state index >= 15 is 0 Å². The number of aliphatic imine (C=N–C) groups is 2. The minimum absolute atomic E-state index is 0.0688. The summed E-state index contributed by atoms with van der Waals surface area (Å²) in [7, 11) is 0. The maximum absolute atomic E-state index is 12.2. The molecular formula is C19H20ClN5O2. The van der Waals surface area contributed by atoms with Crippen molar-refractivity contribution in [1.29, 1.82) is 0 Å². The Hall–Kier alpha value is -3.06. The molecular weight excluding hydrogens is 366 g/mol. The largest absolute Gasteiger partial charge is 0.485 e. The third kappa shape index (κ3) is 4.20. The lowest BCUT2D eigenvalue weighted by Crippen LogP contribution is -2.54. The van der Waals surface area contributed by atoms with E-state index in [9.17, 15) is 4.79 Å². The van der Waals surface area contributed by atoms with Gasteiger partial charge in [-0.05, 0) is 62.4 Å². The molecule has 2 aromatic rings. The van der Waals surface area contributed by atoms with Crippen molar-refractivity contribution in [3.63, 3.8) is 0 Å². The normalized spacial score (nSPS) is 15.7. The van der Waals surface area contributed by atoms with Gasteiger partial charge in [0.05, 0.1) is 0 Å². The van der Waals surface area contributed by atoms with E-state index in [1.165, 1.54) is 0 Å². The number of Topliss-reactive ketones (excluding diaryl/α,β-unsaturated/α-hetero) is 1. The number of ether oxygens (including phenoxy) is 1. The minimum atomic E-state index is -0.664. The molecule has 0 saturated heterocycles. The first-order valence-corrected chi connectivity index (χ1v) is 8.65. The number of hydrogen-bond donors (Lipinski definition) is 2. The average Bonchev–Trinajstić information content (AvgIpc) is 2.59. The lowest BCUT2D eigenvalue weighted by atomic mass is 10.1. The average molecular weight is 386 g/mol. The van der Waals surface area contributed by atoms with Gasteiger partial charge < -0.3 is 16.2 Å². The fraction of sp³-hybridized carbons (Fsp3) is 0.211. The Kier molecular flexibility index (Phi) is 5.05. The van der Waals surface area contributed by atoms with E-state index in [2.05, 4.69) is 9.98 Å². The van der Waals surface area contributed by atoms with Crippen LogP contribution < -0.4 is 21.1 Å². The molecule has 0 bridgehead atoms. The third-order valence-electron chi connectivity index (χ3n) is 4.02. The molecule has 0 aromatic heterocycles. The summed E-state index contributed by atoms with van der Waals surface area (Å²) in [5, 5.41) is 0.581. The fourth-order valence-electron chi connectivity index (χ4n) is 2.81. The third-order valence-corrected chi connectivity index (χ3v) is 4.28. The predicted octanol–water partition coefficient (Wildman–Crippen LogP) is 2.79. The number of nitrogens with two attached hydrogens (primary N) is 2. The summed E-state index contributed by atoms with van der Waals surface area (Å²) >= 11 is 5.83. The molecule has 8 heteroatoms. The van der Waals surface area contributed by atoms with Gasteiger partial charge in [-0.2, -0.15) is 4.99 Å². The second-order valence-corrected chi connectivity index (χ2v) is 6.92. The Morgan fingerprint density at radius 3 is 2.33 bits per heavy atom. The van der Waals surface area contributed by atoms with Crippen LogP contribution in [0.3, 0.4) is 0 Å². The quantitative estimate of drug-likeness (QED) is 0.769. The number of halogens is 1. The number of nitrogens with zero attached hydrogens (tertiary/aromatic N) is 3. The van der Waals surface area contributed by atoms with Gasteiger partial charge in [-0.15, -0.1) is 0 Å². The molecule has 1 aliphatic rings. The number of benzene rings is 2. The van der Waals surface area contributed by atoms with Gasteiger partial charge in [0, 0.05) is 16.3 Å². The van der Waals surface area contributed by atoms with Crippen LogP contribution in [0.2, 0.25) is 5.02 Å². The molecule has 2 aromatic carbocycles. The molecule has 3 rings (SSSR count). The van der Waals surface area contributed by atoms with Crippen molar-refractivity contribution in [1.82, 2.24) is 0 Å². The summed E-state index contributed by atoms with van der Waals surface area (Å²) in [6.45, 7) is 3.70. The highest BCUT2D eigenvalue weighted by Crippen LogP contribution is 2.28. The number of hydrogen-bond acceptors (Lipinski definition) is 7. The van der Waals surface area contributed by atoms with Gasteiger partial charge in [0.1, 0.15) is 11.4 Å². The first kappa shape index (κ1) is 18.7. The molecule has 7 nitrogen and oxygen atoms in total. The Morgan fingerprint density at radius 1 is 1.11 bits per heavy atom. The molecule has 1 heterocycles. The molecule has 0 fully saturated rings. The Balaban J connectivity index is 1.68. The number of ketones is 1. The molecule has 0 radical (unpaired) electrons. The van der Waals surface area contributed by atoms with Gasteiger partial charge in [-0.3, -0.25) is 9.69 Å². The van der Waals surface area contributed by atoms with Crippen LogP contribution in [-0.4, -0.2) is 30.0 Å². The van der Waals surface area contributed by atoms with Crippen molar-refractivity contribution < 1.29 is 9.53 Å². The van der Waals surface area contributed by atoms with E-state index in [0.29, 0.717) is 16.3 Å². The molecule has 27 heavy (non-hydrogen) atoms. The first-order chi connectivity index (χ1) is 12.8. The number of carbonyl (C=O) groups excluding carboxylic acids is 1. The zero-order chi connectivity index (χ0) is 19.6. The molecule has 0 atom stereocenters. The molecule has 0 amide bonds. The Bertz CT molecular complexity index is 905. The summed E-state index contributed by atoms with van der Waals surface area (Å²) in [5.41, 5.74) is 12.4. The van der Waals surface area contributed by atoms with Gasteiger partial charge in [0.25, 0.3) is 0 Å². The van der Waals surface area contributed by atoms with Gasteiger partial charge in [0.15, 0.2) is 12.4 Å². The molecule has 1 aliphatic heterocycles. The molecule has 140 valence electrons. The second kappa shape index (κ2) is 7.28. The molecule has 0 unspecified atom stereocenters. The molecule has 0 saturated carbocycles. The number of anilines is 1. The molecule has 4 N–H and O–H groups in total. The van der Waals surface area contributed by atoms with E-state index in [1.54, 1.807) is 41.3 Å². The van der Waals surface area contributed by atoms with Crippen molar-refractivity contribution >= 4 is 35.0 Å². The molecule has 0 aliphatic carbocycles. The van der Waals surface area contributed by atoms with Crippen molar-refractivity contribution in [2.75, 3.05) is 11.5 Å². The second-order valence-electron chi connectivity index (χ2n) is 6.48. The van der Waals surface area contributed by atoms with E-state index < -0.39 is 5.66 Å². The number of rotatable bonds is 5. The first-order valence-electron chi connectivity index (χ1n) is 8.27. The fourth-order valence-corrected chi connectivity index (χ4v) is 2.94. The van der Waals surface area contributed by atoms with Crippen LogP contribution in [0, 0.1) is 0 Å². The van der Waals surface area contributed by atoms with Crippen LogP contribution in [0.1, 0.15) is 24.2 Å². The summed E-state index contributed by atoms with van der Waals surface area (Å²) in [5.74, 6) is 0.844. The summed E-state index contributed by atoms with van der Waals surface area (Å²) < 4.78 is 5.58. The predicted molar refractivity (Wildman–Crippen MR) is 108 cm³/mol.